The van der Waals surface area contributed by atoms with Gasteiger partial charge in [-0.3, -0.25) is 9.69 Å². The topological polar surface area (TPSA) is 58.4 Å². The van der Waals surface area contributed by atoms with Crippen molar-refractivity contribution in [2.75, 3.05) is 19.6 Å². The fraction of sp³-hybridized carbons (Fsp3) is 0.917. The Hall–Kier alpha value is -0.610. The third-order valence-electron chi connectivity index (χ3n) is 3.25. The number of hydrogen-bond acceptors (Lipinski definition) is 3. The zero-order chi connectivity index (χ0) is 12.2. The summed E-state index contributed by atoms with van der Waals surface area (Å²) in [5.74, 6) is -0.223. The Kier molecular flexibility index (Phi) is 4.74. The summed E-state index contributed by atoms with van der Waals surface area (Å²) in [7, 11) is 0. The summed E-state index contributed by atoms with van der Waals surface area (Å²) >= 11 is 0. The molecule has 1 fully saturated rings. The molecule has 1 rings (SSSR count). The number of nitrogens with zero attached hydrogens (tertiary/aromatic N) is 1. The van der Waals surface area contributed by atoms with E-state index in [9.17, 15) is 4.79 Å². The molecular formula is C12H25N3O. The van der Waals surface area contributed by atoms with Crippen LogP contribution in [0.1, 0.15) is 40.0 Å². The summed E-state index contributed by atoms with van der Waals surface area (Å²) in [5, 5.41) is 3.40. The van der Waals surface area contributed by atoms with Gasteiger partial charge in [0.25, 0.3) is 0 Å². The summed E-state index contributed by atoms with van der Waals surface area (Å²) in [6.45, 7) is 9.76. The third-order valence-corrected chi connectivity index (χ3v) is 3.25. The van der Waals surface area contributed by atoms with Crippen molar-refractivity contribution in [3.05, 3.63) is 0 Å². The molecule has 1 amide bonds. The predicted molar refractivity (Wildman–Crippen MR) is 66.2 cm³/mol. The average Bonchev–Trinajstić information content (AvgIpc) is 2.16. The summed E-state index contributed by atoms with van der Waals surface area (Å²) in [6.07, 6.45) is 2.77. The molecule has 3 N–H and O–H groups in total. The van der Waals surface area contributed by atoms with E-state index >= 15 is 0 Å². The van der Waals surface area contributed by atoms with Crippen LogP contribution in [0.15, 0.2) is 0 Å². The molecule has 4 heteroatoms. The van der Waals surface area contributed by atoms with Gasteiger partial charge in [-0.1, -0.05) is 0 Å². The Morgan fingerprint density at radius 3 is 2.38 bits per heavy atom. The number of rotatable bonds is 4. The van der Waals surface area contributed by atoms with E-state index in [1.54, 1.807) is 0 Å². The maximum absolute atomic E-state index is 10.6. The molecule has 0 spiro atoms. The summed E-state index contributed by atoms with van der Waals surface area (Å²) in [5.41, 5.74) is 5.38. The Morgan fingerprint density at radius 2 is 1.94 bits per heavy atom. The highest BCUT2D eigenvalue weighted by molar-refractivity contribution is 5.73. The highest BCUT2D eigenvalue weighted by Crippen LogP contribution is 2.19. The minimum atomic E-state index is -0.223. The summed E-state index contributed by atoms with van der Waals surface area (Å²) in [4.78, 5) is 13.1. The normalized spacial score (nSPS) is 19.9. The number of primary amides is 1. The largest absolute Gasteiger partial charge is 0.370 e. The van der Waals surface area contributed by atoms with Crippen molar-refractivity contribution < 1.29 is 4.79 Å². The zero-order valence-corrected chi connectivity index (χ0v) is 10.8. The Balaban J connectivity index is 2.19. The first-order chi connectivity index (χ1) is 7.39. The van der Waals surface area contributed by atoms with E-state index in [1.165, 1.54) is 0 Å². The fourth-order valence-corrected chi connectivity index (χ4v) is 2.15. The van der Waals surface area contributed by atoms with Crippen LogP contribution in [0.4, 0.5) is 0 Å². The highest BCUT2D eigenvalue weighted by Gasteiger charge is 2.26. The molecule has 0 saturated carbocycles. The molecule has 0 atom stereocenters. The molecule has 94 valence electrons. The molecule has 0 aromatic rings. The lowest BCUT2D eigenvalue weighted by Crippen LogP contribution is -2.50. The maximum atomic E-state index is 10.6. The van der Waals surface area contributed by atoms with Crippen LogP contribution in [-0.2, 0) is 4.79 Å². The Bertz CT molecular complexity index is 227. The number of hydrogen-bond donors (Lipinski definition) is 2. The fourth-order valence-electron chi connectivity index (χ4n) is 2.15. The van der Waals surface area contributed by atoms with E-state index < -0.39 is 0 Å². The van der Waals surface area contributed by atoms with Gasteiger partial charge in [0.1, 0.15) is 0 Å². The van der Waals surface area contributed by atoms with Gasteiger partial charge in [-0.05, 0) is 33.6 Å². The molecule has 1 aliphatic rings. The number of nitrogens with one attached hydrogen (secondary N) is 1. The summed E-state index contributed by atoms with van der Waals surface area (Å²) < 4.78 is 0. The zero-order valence-electron chi connectivity index (χ0n) is 10.8. The molecule has 0 bridgehead atoms. The molecule has 0 aromatic heterocycles. The molecule has 4 nitrogen and oxygen atoms in total. The van der Waals surface area contributed by atoms with Crippen molar-refractivity contribution in [1.29, 1.82) is 0 Å². The molecule has 1 heterocycles. The van der Waals surface area contributed by atoms with Crippen molar-refractivity contribution in [2.45, 2.75) is 51.6 Å². The second-order valence-corrected chi connectivity index (χ2v) is 5.60. The van der Waals surface area contributed by atoms with Crippen LogP contribution in [0.25, 0.3) is 0 Å². The van der Waals surface area contributed by atoms with E-state index in [2.05, 4.69) is 31.0 Å². The molecule has 0 radical (unpaired) electrons. The molecule has 1 saturated heterocycles. The summed E-state index contributed by atoms with van der Waals surface area (Å²) in [6, 6.07) is 0.554. The monoisotopic (exact) mass is 227 g/mol. The van der Waals surface area contributed by atoms with Crippen molar-refractivity contribution in [2.24, 2.45) is 5.73 Å². The first kappa shape index (κ1) is 13.5. The molecule has 0 aliphatic carbocycles. The number of piperidine rings is 1. The number of carbonyl (C=O) groups is 1. The predicted octanol–water partition coefficient (Wildman–Crippen LogP) is 0.714. The molecule has 0 unspecified atom stereocenters. The lowest BCUT2D eigenvalue weighted by Gasteiger charge is -2.41. The van der Waals surface area contributed by atoms with Crippen molar-refractivity contribution in [1.82, 2.24) is 10.2 Å². The third kappa shape index (κ3) is 4.49. The van der Waals surface area contributed by atoms with Crippen LogP contribution < -0.4 is 11.1 Å². The Morgan fingerprint density at radius 1 is 1.38 bits per heavy atom. The lowest BCUT2D eigenvalue weighted by molar-refractivity contribution is -0.117. The van der Waals surface area contributed by atoms with E-state index in [-0.39, 0.29) is 11.4 Å². The SMILES string of the molecule is CC(C)(C)N1CCC(NCCC(N)=O)CC1. The molecule has 0 aromatic carbocycles. The molecule has 16 heavy (non-hydrogen) atoms. The number of carbonyl (C=O) groups excluding carboxylic acids is 1. The second kappa shape index (κ2) is 5.64. The van der Waals surface area contributed by atoms with Crippen molar-refractivity contribution >= 4 is 5.91 Å². The van der Waals surface area contributed by atoms with Gasteiger partial charge in [-0.25, -0.2) is 0 Å². The van der Waals surface area contributed by atoms with Gasteiger partial charge in [0, 0.05) is 37.6 Å². The van der Waals surface area contributed by atoms with Crippen LogP contribution in [0.2, 0.25) is 0 Å². The highest BCUT2D eigenvalue weighted by atomic mass is 16.1. The van der Waals surface area contributed by atoms with Gasteiger partial charge in [-0.15, -0.1) is 0 Å². The van der Waals surface area contributed by atoms with E-state index in [1.807, 2.05) is 0 Å². The standard InChI is InChI=1S/C12H25N3O/c1-12(2,3)15-8-5-10(6-9-15)14-7-4-11(13)16/h10,14H,4-9H2,1-3H3,(H2,13,16). The first-order valence-corrected chi connectivity index (χ1v) is 6.16. The van der Waals surface area contributed by atoms with Crippen molar-refractivity contribution in [3.8, 4) is 0 Å². The minimum Gasteiger partial charge on any atom is -0.370 e. The van der Waals surface area contributed by atoms with E-state index in [4.69, 9.17) is 5.73 Å². The van der Waals surface area contributed by atoms with Crippen LogP contribution in [0, 0.1) is 0 Å². The van der Waals surface area contributed by atoms with Crippen molar-refractivity contribution in [3.63, 3.8) is 0 Å². The van der Waals surface area contributed by atoms with Crippen LogP contribution in [-0.4, -0.2) is 42.0 Å². The van der Waals surface area contributed by atoms with Gasteiger partial charge in [-0.2, -0.15) is 0 Å². The number of amides is 1. The quantitative estimate of drug-likeness (QED) is 0.744. The van der Waals surface area contributed by atoms with Crippen LogP contribution >= 0.6 is 0 Å². The van der Waals surface area contributed by atoms with Gasteiger partial charge in [0.05, 0.1) is 0 Å². The van der Waals surface area contributed by atoms with Gasteiger partial charge in [0.15, 0.2) is 0 Å². The maximum Gasteiger partial charge on any atom is 0.218 e. The van der Waals surface area contributed by atoms with E-state index in [0.29, 0.717) is 12.5 Å². The number of nitrogens with two attached hydrogens (primary N) is 1. The Labute approximate surface area is 98.6 Å². The first-order valence-electron chi connectivity index (χ1n) is 6.16. The van der Waals surface area contributed by atoms with E-state index in [0.717, 1.165) is 32.5 Å². The average molecular weight is 227 g/mol. The molecule has 1 aliphatic heterocycles. The second-order valence-electron chi connectivity index (χ2n) is 5.60. The molecular weight excluding hydrogens is 202 g/mol. The smallest absolute Gasteiger partial charge is 0.218 e. The van der Waals surface area contributed by atoms with Gasteiger partial charge >= 0.3 is 0 Å². The van der Waals surface area contributed by atoms with Crippen LogP contribution in [0.5, 0.6) is 0 Å². The lowest BCUT2D eigenvalue weighted by atomic mass is 9.98. The van der Waals surface area contributed by atoms with Gasteiger partial charge < -0.3 is 11.1 Å². The van der Waals surface area contributed by atoms with Crippen LogP contribution in [0.3, 0.4) is 0 Å². The number of likely N-dealkylation sites (tertiary alicyclic amines) is 1. The minimum absolute atomic E-state index is 0.223. The van der Waals surface area contributed by atoms with Gasteiger partial charge in [0.2, 0.25) is 5.91 Å².